The summed E-state index contributed by atoms with van der Waals surface area (Å²) in [5, 5.41) is 6.31. The Balaban J connectivity index is 0.00000364. The molecule has 1 fully saturated rings. The maximum Gasteiger partial charge on any atom is 0.213 e. The van der Waals surface area contributed by atoms with Crippen LogP contribution in [0.25, 0.3) is 0 Å². The van der Waals surface area contributed by atoms with Crippen LogP contribution in [0.5, 0.6) is 0 Å². The molecule has 0 spiro atoms. The van der Waals surface area contributed by atoms with Gasteiger partial charge in [-0.3, -0.25) is 4.99 Å². The maximum absolute atomic E-state index is 12.1. The molecule has 0 aliphatic carbocycles. The van der Waals surface area contributed by atoms with E-state index >= 15 is 0 Å². The van der Waals surface area contributed by atoms with Crippen molar-refractivity contribution in [2.24, 2.45) is 4.99 Å². The minimum atomic E-state index is -3.34. The van der Waals surface area contributed by atoms with Crippen molar-refractivity contribution in [3.63, 3.8) is 0 Å². The van der Waals surface area contributed by atoms with Gasteiger partial charge in [0.1, 0.15) is 0 Å². The highest BCUT2D eigenvalue weighted by atomic mass is 127. The van der Waals surface area contributed by atoms with Crippen molar-refractivity contribution in [1.29, 1.82) is 0 Å². The van der Waals surface area contributed by atoms with Crippen LogP contribution in [0.4, 0.5) is 0 Å². The number of rotatable bonds is 8. The predicted octanol–water partition coefficient (Wildman–Crippen LogP) is 2.02. The summed E-state index contributed by atoms with van der Waals surface area (Å²) < 4.78 is 32.4. The van der Waals surface area contributed by atoms with Crippen molar-refractivity contribution < 1.29 is 13.2 Å². The fourth-order valence-corrected chi connectivity index (χ4v) is 3.74. The van der Waals surface area contributed by atoms with E-state index in [1.165, 1.54) is 0 Å². The standard InChI is InChI=1S/C18H30N4O3S.HI/c1-15(16-8-4-3-5-9-16)22-18(19-2)20-11-13-26(23,24)21-14-17-10-6-7-12-25-17;/h3-5,8-9,15,17,21H,6-7,10-14H2,1-2H3,(H2,19,20,22);1H. The molecular weight excluding hydrogens is 479 g/mol. The van der Waals surface area contributed by atoms with E-state index in [0.717, 1.165) is 31.4 Å². The second kappa shape index (κ2) is 12.5. The Morgan fingerprint density at radius 2 is 2.04 bits per heavy atom. The zero-order valence-corrected chi connectivity index (χ0v) is 19.1. The van der Waals surface area contributed by atoms with Crippen molar-refractivity contribution in [2.75, 3.05) is 32.5 Å². The van der Waals surface area contributed by atoms with Crippen LogP contribution in [0, 0.1) is 0 Å². The van der Waals surface area contributed by atoms with Crippen LogP contribution < -0.4 is 15.4 Å². The van der Waals surface area contributed by atoms with Crippen LogP contribution in [0.15, 0.2) is 35.3 Å². The first-order valence-electron chi connectivity index (χ1n) is 9.11. The van der Waals surface area contributed by atoms with E-state index in [1.807, 2.05) is 37.3 Å². The van der Waals surface area contributed by atoms with Crippen molar-refractivity contribution in [1.82, 2.24) is 15.4 Å². The molecule has 1 aliphatic heterocycles. The minimum Gasteiger partial charge on any atom is -0.377 e. The number of sulfonamides is 1. The van der Waals surface area contributed by atoms with E-state index in [1.54, 1.807) is 7.05 Å². The fraction of sp³-hybridized carbons (Fsp3) is 0.611. The van der Waals surface area contributed by atoms with Crippen molar-refractivity contribution in [3.8, 4) is 0 Å². The van der Waals surface area contributed by atoms with Gasteiger partial charge in [0.15, 0.2) is 5.96 Å². The van der Waals surface area contributed by atoms with Gasteiger partial charge < -0.3 is 15.4 Å². The highest BCUT2D eigenvalue weighted by molar-refractivity contribution is 14.0. The smallest absolute Gasteiger partial charge is 0.213 e. The average Bonchev–Trinajstić information content (AvgIpc) is 2.67. The van der Waals surface area contributed by atoms with E-state index in [9.17, 15) is 8.42 Å². The van der Waals surface area contributed by atoms with Crippen LogP contribution in [-0.4, -0.2) is 53.0 Å². The number of nitrogens with zero attached hydrogens (tertiary/aromatic N) is 1. The van der Waals surface area contributed by atoms with Gasteiger partial charge in [-0.05, 0) is 31.7 Å². The predicted molar refractivity (Wildman–Crippen MR) is 120 cm³/mol. The highest BCUT2D eigenvalue weighted by Gasteiger charge is 2.17. The molecule has 1 aromatic carbocycles. The molecule has 2 rings (SSSR count). The molecule has 7 nitrogen and oxygen atoms in total. The average molecular weight is 510 g/mol. The Labute approximate surface area is 179 Å². The maximum atomic E-state index is 12.1. The molecule has 0 aromatic heterocycles. The molecule has 2 unspecified atom stereocenters. The molecule has 27 heavy (non-hydrogen) atoms. The molecule has 0 radical (unpaired) electrons. The van der Waals surface area contributed by atoms with Crippen molar-refractivity contribution >= 4 is 40.0 Å². The Kier molecular flexibility index (Phi) is 11.2. The largest absolute Gasteiger partial charge is 0.377 e. The van der Waals surface area contributed by atoms with Gasteiger partial charge in [-0.15, -0.1) is 24.0 Å². The van der Waals surface area contributed by atoms with Crippen LogP contribution in [0.3, 0.4) is 0 Å². The number of ether oxygens (including phenoxy) is 1. The van der Waals surface area contributed by atoms with Crippen LogP contribution in [0.2, 0.25) is 0 Å². The van der Waals surface area contributed by atoms with Crippen molar-refractivity contribution in [2.45, 2.75) is 38.3 Å². The van der Waals surface area contributed by atoms with Gasteiger partial charge in [0, 0.05) is 26.7 Å². The molecule has 154 valence electrons. The molecule has 1 aromatic rings. The van der Waals surface area contributed by atoms with Gasteiger partial charge >= 0.3 is 0 Å². The van der Waals surface area contributed by atoms with E-state index in [-0.39, 0.29) is 48.4 Å². The SMILES string of the molecule is CN=C(NCCS(=O)(=O)NCC1CCCCO1)NC(C)c1ccccc1.I. The molecule has 9 heteroatoms. The molecule has 1 saturated heterocycles. The zero-order chi connectivity index (χ0) is 18.8. The summed E-state index contributed by atoms with van der Waals surface area (Å²) in [4.78, 5) is 4.15. The van der Waals surface area contributed by atoms with Crippen LogP contribution in [-0.2, 0) is 14.8 Å². The summed E-state index contributed by atoms with van der Waals surface area (Å²) in [5.41, 5.74) is 1.14. The highest BCUT2D eigenvalue weighted by Crippen LogP contribution is 2.12. The molecule has 3 N–H and O–H groups in total. The molecule has 0 saturated carbocycles. The summed E-state index contributed by atoms with van der Waals surface area (Å²) in [6, 6.07) is 10.1. The molecule has 0 bridgehead atoms. The number of guanidine groups is 1. The van der Waals surface area contributed by atoms with Gasteiger partial charge in [-0.1, -0.05) is 30.3 Å². The number of nitrogens with one attached hydrogen (secondary N) is 3. The van der Waals surface area contributed by atoms with E-state index in [2.05, 4.69) is 20.3 Å². The summed E-state index contributed by atoms with van der Waals surface area (Å²) >= 11 is 0. The first-order valence-corrected chi connectivity index (χ1v) is 10.8. The van der Waals surface area contributed by atoms with Gasteiger partial charge in [0.25, 0.3) is 0 Å². The van der Waals surface area contributed by atoms with E-state index < -0.39 is 10.0 Å². The second-order valence-corrected chi connectivity index (χ2v) is 8.36. The normalized spacial score (nSPS) is 19.0. The fourth-order valence-electron chi connectivity index (χ4n) is 2.79. The molecule has 1 heterocycles. The molecular formula is C18H31IN4O3S. The lowest BCUT2D eigenvalue weighted by Crippen LogP contribution is -2.43. The quantitative estimate of drug-likeness (QED) is 0.283. The summed E-state index contributed by atoms with van der Waals surface area (Å²) in [6.07, 6.45) is 3.05. The zero-order valence-electron chi connectivity index (χ0n) is 16.0. The first kappa shape index (κ1) is 24.1. The minimum absolute atomic E-state index is 0. The van der Waals surface area contributed by atoms with Crippen LogP contribution in [0.1, 0.15) is 37.8 Å². The van der Waals surface area contributed by atoms with Gasteiger partial charge in [-0.25, -0.2) is 13.1 Å². The Morgan fingerprint density at radius 1 is 1.30 bits per heavy atom. The number of hydrogen-bond acceptors (Lipinski definition) is 4. The lowest BCUT2D eigenvalue weighted by atomic mass is 10.1. The lowest BCUT2D eigenvalue weighted by Gasteiger charge is -2.22. The van der Waals surface area contributed by atoms with Crippen molar-refractivity contribution in [3.05, 3.63) is 35.9 Å². The number of halogens is 1. The third kappa shape index (κ3) is 9.22. The van der Waals surface area contributed by atoms with Gasteiger partial charge in [0.2, 0.25) is 10.0 Å². The molecule has 0 amide bonds. The topological polar surface area (TPSA) is 91.8 Å². The Hall–Kier alpha value is -0.910. The Bertz CT molecular complexity index is 664. The van der Waals surface area contributed by atoms with Gasteiger partial charge in [-0.2, -0.15) is 0 Å². The Morgan fingerprint density at radius 3 is 2.67 bits per heavy atom. The monoisotopic (exact) mass is 510 g/mol. The third-order valence-corrected chi connectivity index (χ3v) is 5.69. The lowest BCUT2D eigenvalue weighted by molar-refractivity contribution is 0.0200. The first-order chi connectivity index (χ1) is 12.5. The van der Waals surface area contributed by atoms with Crippen LogP contribution >= 0.6 is 24.0 Å². The summed E-state index contributed by atoms with van der Waals surface area (Å²) in [5.74, 6) is 0.562. The third-order valence-electron chi connectivity index (χ3n) is 4.34. The van der Waals surface area contributed by atoms with Gasteiger partial charge in [0.05, 0.1) is 17.9 Å². The number of benzene rings is 1. The second-order valence-electron chi connectivity index (χ2n) is 6.43. The molecule has 1 aliphatic rings. The number of aliphatic imine (C=N–C) groups is 1. The van der Waals surface area contributed by atoms with E-state index in [4.69, 9.17) is 4.74 Å². The summed E-state index contributed by atoms with van der Waals surface area (Å²) in [7, 11) is -1.67. The molecule has 2 atom stereocenters. The van der Waals surface area contributed by atoms with E-state index in [0.29, 0.717) is 12.5 Å². The number of hydrogen-bond donors (Lipinski definition) is 3. The summed E-state index contributed by atoms with van der Waals surface area (Å²) in [6.45, 7) is 3.38.